The predicted molar refractivity (Wildman–Crippen MR) is 91.8 cm³/mol. The number of anilines is 1. The molecular weight excluding hydrogens is 306 g/mol. The molecule has 0 aliphatic carbocycles. The standard InChI is InChI=1S/C19H17N3.ClH/c1-3-22-17-9-8-12(2)10-16(17)21-19-14-7-5-4-6-13(14)15(20)11-18(19)22;/h4-11,20H,3H2,1-2H3;1H. The molecule has 1 heterocycles. The Hall–Kier alpha value is -2.39. The van der Waals surface area contributed by atoms with Crippen LogP contribution in [0.25, 0.3) is 32.8 Å². The van der Waals surface area contributed by atoms with E-state index in [1.165, 1.54) is 5.56 Å². The fourth-order valence-electron chi connectivity index (χ4n) is 3.24. The molecule has 0 aliphatic rings. The third-order valence-electron chi connectivity index (χ3n) is 4.29. The summed E-state index contributed by atoms with van der Waals surface area (Å²) in [4.78, 5) is 4.94. The summed E-state index contributed by atoms with van der Waals surface area (Å²) in [6.45, 7) is 5.14. The molecule has 116 valence electrons. The number of nitrogens with two attached hydrogens (primary N) is 1. The highest BCUT2D eigenvalue weighted by Crippen LogP contribution is 2.28. The van der Waals surface area contributed by atoms with Crippen LogP contribution in [0.3, 0.4) is 0 Å². The lowest BCUT2D eigenvalue weighted by molar-refractivity contribution is -0.641. The Morgan fingerprint density at radius 3 is 2.48 bits per heavy atom. The summed E-state index contributed by atoms with van der Waals surface area (Å²) in [5, 5.41) is 2.18. The van der Waals surface area contributed by atoms with Crippen molar-refractivity contribution in [3.05, 3.63) is 54.1 Å². The molecule has 0 saturated carbocycles. The van der Waals surface area contributed by atoms with Crippen molar-refractivity contribution in [3.8, 4) is 0 Å². The van der Waals surface area contributed by atoms with Gasteiger partial charge in [-0.05, 0) is 25.5 Å². The quantitative estimate of drug-likeness (QED) is 0.243. The van der Waals surface area contributed by atoms with Crippen molar-refractivity contribution in [1.29, 1.82) is 0 Å². The zero-order chi connectivity index (χ0) is 15.3. The third-order valence-corrected chi connectivity index (χ3v) is 4.29. The highest BCUT2D eigenvalue weighted by atomic mass is 35.5. The molecule has 1 aromatic heterocycles. The molecule has 0 bridgehead atoms. The number of hydrogen-bond donors (Lipinski definition) is 1. The zero-order valence-electron chi connectivity index (χ0n) is 13.2. The molecule has 4 rings (SSSR count). The minimum Gasteiger partial charge on any atom is -1.00 e. The number of halogens is 1. The average molecular weight is 324 g/mol. The van der Waals surface area contributed by atoms with E-state index in [0.29, 0.717) is 0 Å². The Balaban J connectivity index is 0.00000156. The number of rotatable bonds is 1. The minimum absolute atomic E-state index is 0. The van der Waals surface area contributed by atoms with Crippen LogP contribution in [0.1, 0.15) is 12.5 Å². The molecule has 0 aliphatic heterocycles. The normalized spacial score (nSPS) is 11.0. The van der Waals surface area contributed by atoms with Crippen molar-refractivity contribution in [2.45, 2.75) is 20.4 Å². The molecule has 0 fully saturated rings. The van der Waals surface area contributed by atoms with Crippen LogP contribution in [0.2, 0.25) is 0 Å². The molecule has 3 nitrogen and oxygen atoms in total. The highest BCUT2D eigenvalue weighted by molar-refractivity contribution is 6.09. The van der Waals surface area contributed by atoms with Crippen molar-refractivity contribution >= 4 is 38.5 Å². The van der Waals surface area contributed by atoms with Crippen LogP contribution in [0.5, 0.6) is 0 Å². The van der Waals surface area contributed by atoms with Crippen LogP contribution >= 0.6 is 0 Å². The van der Waals surface area contributed by atoms with E-state index in [4.69, 9.17) is 10.7 Å². The second-order valence-electron chi connectivity index (χ2n) is 5.73. The minimum atomic E-state index is 0. The smallest absolute Gasteiger partial charge is 0.234 e. The summed E-state index contributed by atoms with van der Waals surface area (Å²) < 4.78 is 2.29. The lowest BCUT2D eigenvalue weighted by atomic mass is 10.1. The summed E-state index contributed by atoms with van der Waals surface area (Å²) in [6, 6.07) is 16.7. The molecule has 2 N–H and O–H groups in total. The van der Waals surface area contributed by atoms with E-state index < -0.39 is 0 Å². The van der Waals surface area contributed by atoms with E-state index in [0.717, 1.165) is 45.1 Å². The lowest BCUT2D eigenvalue weighted by Crippen LogP contribution is -3.00. The maximum atomic E-state index is 6.27. The van der Waals surface area contributed by atoms with Gasteiger partial charge in [0.15, 0.2) is 0 Å². The first-order valence-corrected chi connectivity index (χ1v) is 7.60. The zero-order valence-corrected chi connectivity index (χ0v) is 13.9. The Kier molecular flexibility index (Phi) is 3.82. The van der Waals surface area contributed by atoms with E-state index in [9.17, 15) is 0 Å². The number of aromatic nitrogens is 2. The van der Waals surface area contributed by atoms with Crippen LogP contribution in [0.15, 0.2) is 48.5 Å². The van der Waals surface area contributed by atoms with E-state index in [1.54, 1.807) is 0 Å². The molecule has 0 saturated heterocycles. The van der Waals surface area contributed by atoms with Gasteiger partial charge < -0.3 is 18.1 Å². The number of aryl methyl sites for hydroxylation is 2. The van der Waals surface area contributed by atoms with Crippen LogP contribution in [-0.4, -0.2) is 4.98 Å². The van der Waals surface area contributed by atoms with Gasteiger partial charge in [-0.3, -0.25) is 0 Å². The monoisotopic (exact) mass is 323 g/mol. The van der Waals surface area contributed by atoms with Gasteiger partial charge in [0.25, 0.3) is 0 Å². The Morgan fingerprint density at radius 1 is 1.00 bits per heavy atom. The second kappa shape index (κ2) is 5.67. The molecule has 0 spiro atoms. The molecule has 3 aromatic carbocycles. The van der Waals surface area contributed by atoms with Crippen molar-refractivity contribution < 1.29 is 17.0 Å². The average Bonchev–Trinajstić information content (AvgIpc) is 2.53. The van der Waals surface area contributed by atoms with E-state index in [2.05, 4.69) is 48.7 Å². The summed E-state index contributed by atoms with van der Waals surface area (Å²) >= 11 is 0. The first-order valence-electron chi connectivity index (χ1n) is 7.60. The van der Waals surface area contributed by atoms with Gasteiger partial charge >= 0.3 is 0 Å². The van der Waals surface area contributed by atoms with E-state index >= 15 is 0 Å². The molecule has 0 atom stereocenters. The van der Waals surface area contributed by atoms with Gasteiger partial charge in [0.1, 0.15) is 17.6 Å². The van der Waals surface area contributed by atoms with E-state index in [-0.39, 0.29) is 12.4 Å². The van der Waals surface area contributed by atoms with Crippen LogP contribution < -0.4 is 22.7 Å². The summed E-state index contributed by atoms with van der Waals surface area (Å²) in [5.74, 6) is 0. The Morgan fingerprint density at radius 2 is 1.74 bits per heavy atom. The maximum Gasteiger partial charge on any atom is 0.234 e. The molecule has 23 heavy (non-hydrogen) atoms. The highest BCUT2D eigenvalue weighted by Gasteiger charge is 2.18. The van der Waals surface area contributed by atoms with Crippen molar-refractivity contribution in [2.24, 2.45) is 0 Å². The second-order valence-corrected chi connectivity index (χ2v) is 5.73. The predicted octanol–water partition coefficient (Wildman–Crippen LogP) is 0.743. The largest absolute Gasteiger partial charge is 1.00 e. The molecular formula is C19H18ClN3. The topological polar surface area (TPSA) is 42.8 Å². The number of fused-ring (bicyclic) bond motifs is 4. The van der Waals surface area contributed by atoms with Gasteiger partial charge in [-0.25, -0.2) is 4.98 Å². The number of hydrogen-bond acceptors (Lipinski definition) is 2. The number of nitrogen functional groups attached to an aromatic ring is 1. The van der Waals surface area contributed by atoms with Crippen LogP contribution in [-0.2, 0) is 6.54 Å². The fraction of sp³-hybridized carbons (Fsp3) is 0.158. The Bertz CT molecular complexity index is 1040. The molecule has 4 aromatic rings. The fourth-order valence-corrected chi connectivity index (χ4v) is 3.24. The van der Waals surface area contributed by atoms with Gasteiger partial charge in [-0.1, -0.05) is 30.3 Å². The van der Waals surface area contributed by atoms with Crippen LogP contribution in [0, 0.1) is 6.92 Å². The molecule has 0 unspecified atom stereocenters. The van der Waals surface area contributed by atoms with Gasteiger partial charge in [0.2, 0.25) is 11.0 Å². The SMILES string of the molecule is CC[n+]1c2ccc(C)cc2nc2c3ccccc3c(N)cc21.[Cl-]. The molecule has 0 radical (unpaired) electrons. The molecule has 4 heteroatoms. The molecule has 0 amide bonds. The van der Waals surface area contributed by atoms with Gasteiger partial charge in [0, 0.05) is 28.6 Å². The summed E-state index contributed by atoms with van der Waals surface area (Å²) in [7, 11) is 0. The lowest BCUT2D eigenvalue weighted by Gasteiger charge is -2.08. The third kappa shape index (κ3) is 2.28. The summed E-state index contributed by atoms with van der Waals surface area (Å²) in [6.07, 6.45) is 0. The number of nitrogens with zero attached hydrogens (tertiary/aromatic N) is 2. The first kappa shape index (κ1) is 15.5. The first-order chi connectivity index (χ1) is 10.7. The van der Waals surface area contributed by atoms with Gasteiger partial charge in [0.05, 0.1) is 0 Å². The van der Waals surface area contributed by atoms with E-state index in [1.807, 2.05) is 18.2 Å². The maximum absolute atomic E-state index is 6.27. The number of benzene rings is 3. The van der Waals surface area contributed by atoms with Gasteiger partial charge in [-0.2, -0.15) is 4.57 Å². The summed E-state index contributed by atoms with van der Waals surface area (Å²) in [5.41, 5.74) is 12.6. The van der Waals surface area contributed by atoms with Gasteiger partial charge in [-0.15, -0.1) is 0 Å². The van der Waals surface area contributed by atoms with Crippen molar-refractivity contribution in [3.63, 3.8) is 0 Å². The van der Waals surface area contributed by atoms with Crippen molar-refractivity contribution in [2.75, 3.05) is 5.73 Å². The van der Waals surface area contributed by atoms with Crippen LogP contribution in [0.4, 0.5) is 5.69 Å². The van der Waals surface area contributed by atoms with Crippen molar-refractivity contribution in [1.82, 2.24) is 4.98 Å². The Labute approximate surface area is 141 Å².